The van der Waals surface area contributed by atoms with Gasteiger partial charge < -0.3 is 15.2 Å². The number of fused-ring (bicyclic) bond motifs is 1. The van der Waals surface area contributed by atoms with Gasteiger partial charge in [-0.3, -0.25) is 4.79 Å². The van der Waals surface area contributed by atoms with Gasteiger partial charge in [0.15, 0.2) is 6.10 Å². The van der Waals surface area contributed by atoms with Crippen molar-refractivity contribution in [1.82, 2.24) is 0 Å². The smallest absolute Gasteiger partial charge is 0.265 e. The number of hydrogen-bond donors (Lipinski definition) is 2. The quantitative estimate of drug-likeness (QED) is 0.762. The highest BCUT2D eigenvalue weighted by atomic mass is 16.5. The highest BCUT2D eigenvalue weighted by Gasteiger charge is 2.27. The Kier molecular flexibility index (Phi) is 2.60. The number of aliphatic hydroxyl groups is 1. The van der Waals surface area contributed by atoms with E-state index in [1.165, 1.54) is 0 Å². The molecule has 0 spiro atoms. The lowest BCUT2D eigenvalue weighted by Crippen LogP contribution is -2.37. The van der Waals surface area contributed by atoms with Crippen molar-refractivity contribution in [1.29, 1.82) is 0 Å². The summed E-state index contributed by atoms with van der Waals surface area (Å²) < 4.78 is 5.54. The van der Waals surface area contributed by atoms with Crippen LogP contribution in [0.3, 0.4) is 0 Å². The molecule has 0 saturated heterocycles. The van der Waals surface area contributed by atoms with Gasteiger partial charge in [-0.25, -0.2) is 0 Å². The number of hydrogen-bond acceptors (Lipinski definition) is 3. The van der Waals surface area contributed by atoms with Crippen molar-refractivity contribution in [3.05, 3.63) is 23.8 Å². The number of aryl methyl sites for hydroxylation is 1. The number of carbonyl (C=O) groups excluding carboxylic acids is 1. The number of ether oxygens (including phenoxy) is 1. The molecule has 4 nitrogen and oxygen atoms in total. The third kappa shape index (κ3) is 1.80. The second-order valence-electron chi connectivity index (χ2n) is 3.56. The first-order chi connectivity index (χ1) is 7.22. The second kappa shape index (κ2) is 3.90. The molecule has 1 unspecified atom stereocenters. The van der Waals surface area contributed by atoms with Crippen LogP contribution in [0.5, 0.6) is 5.75 Å². The molecule has 1 aromatic carbocycles. The third-order valence-corrected chi connectivity index (χ3v) is 2.41. The molecule has 1 amide bonds. The van der Waals surface area contributed by atoms with Crippen LogP contribution in [0.1, 0.15) is 12.0 Å². The summed E-state index contributed by atoms with van der Waals surface area (Å²) in [6, 6.07) is 5.59. The highest BCUT2D eigenvalue weighted by molar-refractivity contribution is 5.98. The summed E-state index contributed by atoms with van der Waals surface area (Å²) in [7, 11) is 0. The Balaban J connectivity index is 2.30. The lowest BCUT2D eigenvalue weighted by molar-refractivity contribution is -0.124. The van der Waals surface area contributed by atoms with Crippen LogP contribution in [0.25, 0.3) is 0 Å². The molecule has 0 aliphatic carbocycles. The summed E-state index contributed by atoms with van der Waals surface area (Å²) in [5.41, 5.74) is 1.68. The number of rotatable bonds is 2. The first-order valence-corrected chi connectivity index (χ1v) is 4.90. The third-order valence-electron chi connectivity index (χ3n) is 2.41. The van der Waals surface area contributed by atoms with E-state index in [2.05, 4.69) is 5.32 Å². The van der Waals surface area contributed by atoms with Crippen molar-refractivity contribution in [2.75, 3.05) is 11.9 Å². The average molecular weight is 207 g/mol. The molecule has 0 radical (unpaired) electrons. The van der Waals surface area contributed by atoms with E-state index in [9.17, 15) is 4.79 Å². The van der Waals surface area contributed by atoms with Crippen LogP contribution in [0.2, 0.25) is 0 Å². The normalized spacial score (nSPS) is 19.1. The summed E-state index contributed by atoms with van der Waals surface area (Å²) in [5, 5.41) is 11.6. The Labute approximate surface area is 87.9 Å². The minimum Gasteiger partial charge on any atom is -0.478 e. The fraction of sp³-hybridized carbons (Fsp3) is 0.364. The van der Waals surface area contributed by atoms with Crippen molar-refractivity contribution in [3.8, 4) is 5.75 Å². The summed E-state index contributed by atoms with van der Waals surface area (Å²) in [4.78, 5) is 11.5. The first kappa shape index (κ1) is 9.98. The standard InChI is InChI=1S/C11H13NO3/c1-7-3-2-4-8-10(7)15-9(5-6-13)11(14)12-8/h2-4,9,13H,5-6H2,1H3,(H,12,14). The van der Waals surface area contributed by atoms with Gasteiger partial charge in [-0.1, -0.05) is 12.1 Å². The average Bonchev–Trinajstić information content (AvgIpc) is 2.21. The molecule has 0 aromatic heterocycles. The number of anilines is 1. The van der Waals surface area contributed by atoms with Crippen molar-refractivity contribution >= 4 is 11.6 Å². The van der Waals surface area contributed by atoms with Crippen molar-refractivity contribution in [3.63, 3.8) is 0 Å². The van der Waals surface area contributed by atoms with Gasteiger partial charge in [0, 0.05) is 13.0 Å². The van der Waals surface area contributed by atoms with Crippen LogP contribution in [-0.4, -0.2) is 23.7 Å². The predicted octanol–water partition coefficient (Wildman–Crippen LogP) is 1.08. The van der Waals surface area contributed by atoms with Gasteiger partial charge in [0.1, 0.15) is 5.75 Å². The molecule has 1 atom stereocenters. The molecule has 0 saturated carbocycles. The molecular formula is C11H13NO3. The SMILES string of the molecule is Cc1cccc2c1OC(CCO)C(=O)N2. The number of amides is 1. The van der Waals surface area contributed by atoms with Crippen molar-refractivity contribution in [2.24, 2.45) is 0 Å². The maximum Gasteiger partial charge on any atom is 0.265 e. The van der Waals surface area contributed by atoms with Gasteiger partial charge in [-0.15, -0.1) is 0 Å². The molecule has 1 aliphatic rings. The van der Waals surface area contributed by atoms with E-state index in [0.29, 0.717) is 17.9 Å². The van der Waals surface area contributed by atoms with Crippen LogP contribution < -0.4 is 10.1 Å². The lowest BCUT2D eigenvalue weighted by Gasteiger charge is -2.26. The number of carbonyl (C=O) groups is 1. The first-order valence-electron chi connectivity index (χ1n) is 4.90. The van der Waals surface area contributed by atoms with E-state index in [-0.39, 0.29) is 12.5 Å². The number of para-hydroxylation sites is 1. The van der Waals surface area contributed by atoms with Gasteiger partial charge in [0.25, 0.3) is 5.91 Å². The Morgan fingerprint density at radius 2 is 2.33 bits per heavy atom. The second-order valence-corrected chi connectivity index (χ2v) is 3.56. The summed E-state index contributed by atoms with van der Waals surface area (Å²) in [6.07, 6.45) is -0.261. The fourth-order valence-electron chi connectivity index (χ4n) is 1.62. The monoisotopic (exact) mass is 207 g/mol. The fourth-order valence-corrected chi connectivity index (χ4v) is 1.62. The Morgan fingerprint density at radius 3 is 3.07 bits per heavy atom. The molecule has 4 heteroatoms. The molecule has 80 valence electrons. The predicted molar refractivity (Wildman–Crippen MR) is 55.9 cm³/mol. The molecule has 2 rings (SSSR count). The Bertz CT molecular complexity index is 389. The van der Waals surface area contributed by atoms with Crippen LogP contribution >= 0.6 is 0 Å². The molecule has 1 aromatic rings. The van der Waals surface area contributed by atoms with Crippen molar-refractivity contribution < 1.29 is 14.6 Å². The largest absolute Gasteiger partial charge is 0.478 e. The van der Waals surface area contributed by atoms with E-state index < -0.39 is 6.10 Å². The van der Waals surface area contributed by atoms with E-state index in [1.54, 1.807) is 6.07 Å². The molecule has 1 aliphatic heterocycles. The number of nitrogens with one attached hydrogen (secondary N) is 1. The van der Waals surface area contributed by atoms with Crippen LogP contribution in [-0.2, 0) is 4.79 Å². The van der Waals surface area contributed by atoms with Gasteiger partial charge >= 0.3 is 0 Å². The zero-order valence-corrected chi connectivity index (χ0v) is 8.49. The van der Waals surface area contributed by atoms with Gasteiger partial charge in [-0.05, 0) is 18.6 Å². The molecule has 2 N–H and O–H groups in total. The van der Waals surface area contributed by atoms with Crippen LogP contribution in [0, 0.1) is 6.92 Å². The minimum atomic E-state index is -0.580. The molecule has 0 fully saturated rings. The topological polar surface area (TPSA) is 58.6 Å². The molecule has 1 heterocycles. The van der Waals surface area contributed by atoms with E-state index in [1.807, 2.05) is 19.1 Å². The van der Waals surface area contributed by atoms with Gasteiger partial charge in [0.2, 0.25) is 0 Å². The van der Waals surface area contributed by atoms with E-state index in [4.69, 9.17) is 9.84 Å². The summed E-state index contributed by atoms with van der Waals surface area (Å²) in [6.45, 7) is 1.87. The highest BCUT2D eigenvalue weighted by Crippen LogP contribution is 2.33. The van der Waals surface area contributed by atoms with Crippen molar-refractivity contribution in [2.45, 2.75) is 19.4 Å². The van der Waals surface area contributed by atoms with Gasteiger partial charge in [0.05, 0.1) is 5.69 Å². The maximum absolute atomic E-state index is 11.5. The van der Waals surface area contributed by atoms with E-state index >= 15 is 0 Å². The Hall–Kier alpha value is -1.55. The maximum atomic E-state index is 11.5. The Morgan fingerprint density at radius 1 is 1.53 bits per heavy atom. The molecule has 15 heavy (non-hydrogen) atoms. The van der Waals surface area contributed by atoms with Gasteiger partial charge in [-0.2, -0.15) is 0 Å². The van der Waals surface area contributed by atoms with Crippen LogP contribution in [0.15, 0.2) is 18.2 Å². The number of benzene rings is 1. The van der Waals surface area contributed by atoms with Crippen LogP contribution in [0.4, 0.5) is 5.69 Å². The van der Waals surface area contributed by atoms with E-state index in [0.717, 1.165) is 5.56 Å². The zero-order chi connectivity index (χ0) is 10.8. The molecular weight excluding hydrogens is 194 g/mol. The number of aliphatic hydroxyl groups excluding tert-OH is 1. The lowest BCUT2D eigenvalue weighted by atomic mass is 10.1. The molecule has 0 bridgehead atoms. The summed E-state index contributed by atoms with van der Waals surface area (Å²) >= 11 is 0. The minimum absolute atomic E-state index is 0.0562. The summed E-state index contributed by atoms with van der Waals surface area (Å²) in [5.74, 6) is 0.512. The zero-order valence-electron chi connectivity index (χ0n) is 8.49.